The van der Waals surface area contributed by atoms with Gasteiger partial charge in [0.25, 0.3) is 0 Å². The number of carbonyl (C=O) groups is 1. The summed E-state index contributed by atoms with van der Waals surface area (Å²) in [5, 5.41) is 14.4. The minimum Gasteiger partial charge on any atom is -0.488 e. The minimum atomic E-state index is -0.839. The van der Waals surface area contributed by atoms with Gasteiger partial charge < -0.3 is 19.9 Å². The van der Waals surface area contributed by atoms with Crippen LogP contribution in [0.5, 0.6) is 5.75 Å². The predicted octanol–water partition coefficient (Wildman–Crippen LogP) is 4.05. The summed E-state index contributed by atoms with van der Waals surface area (Å²) in [6, 6.07) is 13.5. The van der Waals surface area contributed by atoms with Crippen molar-refractivity contribution in [2.24, 2.45) is 0 Å². The lowest BCUT2D eigenvalue weighted by Gasteiger charge is -2.47. The van der Waals surface area contributed by atoms with Gasteiger partial charge in [0.05, 0.1) is 12.1 Å². The Morgan fingerprint density at radius 1 is 1.09 bits per heavy atom. The van der Waals surface area contributed by atoms with Gasteiger partial charge in [0.15, 0.2) is 0 Å². The number of hydrogen-bond acceptors (Lipinski definition) is 5. The zero-order valence-electron chi connectivity index (χ0n) is 19.5. The molecule has 4 rings (SSSR count). The Hall–Kier alpha value is -2.64. The number of benzene rings is 2. The second kappa shape index (κ2) is 9.69. The van der Waals surface area contributed by atoms with E-state index in [9.17, 15) is 14.3 Å². The Morgan fingerprint density at radius 3 is 2.48 bits per heavy atom. The van der Waals surface area contributed by atoms with Crippen molar-refractivity contribution in [3.63, 3.8) is 0 Å². The van der Waals surface area contributed by atoms with E-state index in [4.69, 9.17) is 9.47 Å². The van der Waals surface area contributed by atoms with E-state index in [1.807, 2.05) is 32.9 Å². The highest BCUT2D eigenvalue weighted by Gasteiger charge is 2.44. The summed E-state index contributed by atoms with van der Waals surface area (Å²) in [4.78, 5) is 14.8. The molecule has 2 aromatic carbocycles. The van der Waals surface area contributed by atoms with Crippen molar-refractivity contribution in [2.45, 2.75) is 76.5 Å². The fourth-order valence-corrected chi connectivity index (χ4v) is 4.82. The molecule has 1 heterocycles. The molecular weight excluding hydrogens is 423 g/mol. The number of nitrogens with one attached hydrogen (secondary N) is 1. The Kier molecular flexibility index (Phi) is 6.91. The maximum absolute atomic E-state index is 13.3. The summed E-state index contributed by atoms with van der Waals surface area (Å²) < 4.78 is 24.8. The quantitative estimate of drug-likeness (QED) is 0.727. The van der Waals surface area contributed by atoms with Crippen molar-refractivity contribution in [1.82, 2.24) is 10.2 Å². The number of nitrogens with zero attached hydrogens (tertiary/aromatic N) is 1. The third-order valence-electron chi connectivity index (χ3n) is 6.29. The SMILES string of the molecule is CC(C)(C)OC(=O)N[C@@H]1CC[C@@H](Oc2ccc(F)cc2)[C@H](O)[C@H]1N1CCc2ccccc2C1. The van der Waals surface area contributed by atoms with Crippen LogP contribution in [0.4, 0.5) is 9.18 Å². The smallest absolute Gasteiger partial charge is 0.407 e. The summed E-state index contributed by atoms with van der Waals surface area (Å²) in [7, 11) is 0. The molecule has 2 N–H and O–H groups in total. The summed E-state index contributed by atoms with van der Waals surface area (Å²) in [6.07, 6.45) is 0.274. The average Bonchev–Trinajstić information content (AvgIpc) is 2.75. The van der Waals surface area contributed by atoms with Crippen molar-refractivity contribution in [2.75, 3.05) is 6.54 Å². The predicted molar refractivity (Wildman–Crippen MR) is 124 cm³/mol. The third-order valence-corrected chi connectivity index (χ3v) is 6.29. The molecule has 2 aliphatic rings. The summed E-state index contributed by atoms with van der Waals surface area (Å²) in [5.41, 5.74) is 1.94. The minimum absolute atomic E-state index is 0.284. The van der Waals surface area contributed by atoms with Gasteiger partial charge in [-0.05, 0) is 75.4 Å². The highest BCUT2D eigenvalue weighted by Crippen LogP contribution is 2.31. The highest BCUT2D eigenvalue weighted by molar-refractivity contribution is 5.68. The molecule has 0 spiro atoms. The molecule has 0 bridgehead atoms. The molecule has 178 valence electrons. The first-order valence-corrected chi connectivity index (χ1v) is 11.6. The lowest BCUT2D eigenvalue weighted by molar-refractivity contribution is -0.0709. The van der Waals surface area contributed by atoms with Crippen LogP contribution in [-0.2, 0) is 17.7 Å². The first-order valence-electron chi connectivity index (χ1n) is 11.6. The Labute approximate surface area is 194 Å². The zero-order valence-corrected chi connectivity index (χ0v) is 19.5. The standard InChI is InChI=1S/C26H33FN2O4/c1-26(2,3)33-25(31)28-21-12-13-22(32-20-10-8-19(27)9-11-20)24(30)23(21)29-15-14-17-6-4-5-7-18(17)16-29/h4-11,21-24,30H,12-16H2,1-3H3,(H,28,31)/t21-,22-,23+,24+/m1/s1. The summed E-state index contributed by atoms with van der Waals surface area (Å²) in [6.45, 7) is 6.94. The molecule has 0 radical (unpaired) electrons. The van der Waals surface area contributed by atoms with E-state index in [-0.39, 0.29) is 17.9 Å². The van der Waals surface area contributed by atoms with Gasteiger partial charge in [-0.25, -0.2) is 9.18 Å². The van der Waals surface area contributed by atoms with Crippen molar-refractivity contribution >= 4 is 6.09 Å². The average molecular weight is 457 g/mol. The number of ether oxygens (including phenoxy) is 2. The molecule has 1 amide bonds. The lowest BCUT2D eigenvalue weighted by Crippen LogP contribution is -2.64. The van der Waals surface area contributed by atoms with Crippen LogP contribution in [0, 0.1) is 5.82 Å². The van der Waals surface area contributed by atoms with Gasteiger partial charge in [0.1, 0.15) is 29.4 Å². The Bertz CT molecular complexity index is 960. The number of hydrogen-bond donors (Lipinski definition) is 2. The number of halogens is 1. The van der Waals surface area contributed by atoms with Gasteiger partial charge in [0.2, 0.25) is 0 Å². The molecule has 4 atom stereocenters. The Balaban J connectivity index is 1.54. The molecule has 33 heavy (non-hydrogen) atoms. The van der Waals surface area contributed by atoms with E-state index < -0.39 is 23.9 Å². The normalized spacial score (nSPS) is 25.7. The molecule has 6 nitrogen and oxygen atoms in total. The fraction of sp³-hybridized carbons (Fsp3) is 0.500. The van der Waals surface area contributed by atoms with Crippen molar-refractivity contribution < 1.29 is 23.8 Å². The van der Waals surface area contributed by atoms with E-state index in [2.05, 4.69) is 22.3 Å². The molecule has 1 saturated carbocycles. The maximum atomic E-state index is 13.3. The van der Waals surface area contributed by atoms with Gasteiger partial charge in [-0.3, -0.25) is 4.90 Å². The van der Waals surface area contributed by atoms with Gasteiger partial charge in [-0.2, -0.15) is 0 Å². The van der Waals surface area contributed by atoms with Crippen LogP contribution in [0.2, 0.25) is 0 Å². The monoisotopic (exact) mass is 456 g/mol. The first-order chi connectivity index (χ1) is 15.7. The van der Waals surface area contributed by atoms with Crippen LogP contribution < -0.4 is 10.1 Å². The second-order valence-electron chi connectivity index (χ2n) is 9.91. The number of carbonyl (C=O) groups excluding carboxylic acids is 1. The summed E-state index contributed by atoms with van der Waals surface area (Å²) >= 11 is 0. The van der Waals surface area contributed by atoms with Crippen molar-refractivity contribution in [3.05, 3.63) is 65.5 Å². The van der Waals surface area contributed by atoms with Crippen LogP contribution in [-0.4, -0.2) is 52.5 Å². The van der Waals surface area contributed by atoms with Crippen LogP contribution in [0.3, 0.4) is 0 Å². The van der Waals surface area contributed by atoms with Crippen LogP contribution in [0.1, 0.15) is 44.7 Å². The second-order valence-corrected chi connectivity index (χ2v) is 9.91. The summed E-state index contributed by atoms with van der Waals surface area (Å²) in [5.74, 6) is 0.180. The van der Waals surface area contributed by atoms with E-state index in [0.29, 0.717) is 25.1 Å². The van der Waals surface area contributed by atoms with E-state index in [1.165, 1.54) is 23.3 Å². The molecule has 0 saturated heterocycles. The van der Waals surface area contributed by atoms with Crippen LogP contribution in [0.15, 0.2) is 48.5 Å². The van der Waals surface area contributed by atoms with Crippen LogP contribution >= 0.6 is 0 Å². The van der Waals surface area contributed by atoms with Gasteiger partial charge in [0, 0.05) is 13.1 Å². The molecular formula is C26H33FN2O4. The number of aliphatic hydroxyl groups excluding tert-OH is 1. The van der Waals surface area contributed by atoms with Crippen molar-refractivity contribution in [3.8, 4) is 5.75 Å². The molecule has 7 heteroatoms. The van der Waals surface area contributed by atoms with E-state index in [1.54, 1.807) is 12.1 Å². The van der Waals surface area contributed by atoms with E-state index in [0.717, 1.165) is 13.0 Å². The third kappa shape index (κ3) is 5.84. The number of aliphatic hydroxyl groups is 1. The molecule has 1 fully saturated rings. The van der Waals surface area contributed by atoms with E-state index >= 15 is 0 Å². The largest absolute Gasteiger partial charge is 0.488 e. The first kappa shape index (κ1) is 23.5. The Morgan fingerprint density at radius 2 is 1.79 bits per heavy atom. The van der Waals surface area contributed by atoms with Crippen LogP contribution in [0.25, 0.3) is 0 Å². The lowest BCUT2D eigenvalue weighted by atomic mass is 9.83. The maximum Gasteiger partial charge on any atom is 0.407 e. The molecule has 0 unspecified atom stereocenters. The molecule has 1 aliphatic heterocycles. The molecule has 2 aromatic rings. The zero-order chi connectivity index (χ0) is 23.6. The number of rotatable bonds is 4. The van der Waals surface area contributed by atoms with Gasteiger partial charge in [-0.15, -0.1) is 0 Å². The highest BCUT2D eigenvalue weighted by atomic mass is 19.1. The number of amides is 1. The van der Waals surface area contributed by atoms with Crippen molar-refractivity contribution in [1.29, 1.82) is 0 Å². The van der Waals surface area contributed by atoms with Gasteiger partial charge >= 0.3 is 6.09 Å². The molecule has 1 aliphatic carbocycles. The topological polar surface area (TPSA) is 71.0 Å². The van der Waals surface area contributed by atoms with Gasteiger partial charge in [-0.1, -0.05) is 24.3 Å². The number of fused-ring (bicyclic) bond motifs is 1. The number of alkyl carbamates (subject to hydrolysis) is 1. The molecule has 0 aromatic heterocycles. The fourth-order valence-electron chi connectivity index (χ4n) is 4.82.